The van der Waals surface area contributed by atoms with Gasteiger partial charge in [0.15, 0.2) is 11.8 Å². The molecule has 9 heteroatoms. The SMILES string of the molecule is CCNC(=NCCc1noc(-c2ccccn2)n1)N1CCN(c2ccccc2)CC1.I. The van der Waals surface area contributed by atoms with Crippen LogP contribution in [-0.2, 0) is 6.42 Å². The molecule has 8 nitrogen and oxygen atoms in total. The Kier molecular flexibility index (Phi) is 8.63. The van der Waals surface area contributed by atoms with Crippen LogP contribution in [0.25, 0.3) is 11.6 Å². The van der Waals surface area contributed by atoms with Crippen molar-refractivity contribution in [3.63, 3.8) is 0 Å². The summed E-state index contributed by atoms with van der Waals surface area (Å²) < 4.78 is 5.32. The summed E-state index contributed by atoms with van der Waals surface area (Å²) in [6.07, 6.45) is 2.33. The minimum absolute atomic E-state index is 0. The van der Waals surface area contributed by atoms with Gasteiger partial charge in [-0.1, -0.05) is 29.4 Å². The molecule has 0 aliphatic carbocycles. The van der Waals surface area contributed by atoms with Crippen LogP contribution < -0.4 is 10.2 Å². The van der Waals surface area contributed by atoms with Crippen LogP contribution in [0, 0.1) is 0 Å². The van der Waals surface area contributed by atoms with E-state index in [1.807, 2.05) is 18.2 Å². The second-order valence-electron chi connectivity index (χ2n) is 7.03. The summed E-state index contributed by atoms with van der Waals surface area (Å²) in [5, 5.41) is 7.46. The van der Waals surface area contributed by atoms with Crippen LogP contribution in [0.15, 0.2) is 64.2 Å². The van der Waals surface area contributed by atoms with Crippen molar-refractivity contribution < 1.29 is 4.52 Å². The second kappa shape index (κ2) is 11.6. The second-order valence-corrected chi connectivity index (χ2v) is 7.03. The number of pyridine rings is 1. The van der Waals surface area contributed by atoms with E-state index < -0.39 is 0 Å². The lowest BCUT2D eigenvalue weighted by Crippen LogP contribution is -2.52. The number of nitrogens with one attached hydrogen (secondary N) is 1. The molecule has 3 heterocycles. The van der Waals surface area contributed by atoms with Crippen molar-refractivity contribution in [2.45, 2.75) is 13.3 Å². The summed E-state index contributed by atoms with van der Waals surface area (Å²) in [5.41, 5.74) is 1.96. The largest absolute Gasteiger partial charge is 0.368 e. The van der Waals surface area contributed by atoms with Crippen LogP contribution in [0.3, 0.4) is 0 Å². The number of hydrogen-bond donors (Lipinski definition) is 1. The number of benzene rings is 1. The van der Waals surface area contributed by atoms with Crippen LogP contribution in [-0.4, -0.2) is 65.3 Å². The summed E-state index contributed by atoms with van der Waals surface area (Å²) in [6.45, 7) is 7.36. The average molecular weight is 533 g/mol. The van der Waals surface area contributed by atoms with Gasteiger partial charge in [-0.2, -0.15) is 4.98 Å². The number of guanidine groups is 1. The molecular formula is C22H28IN7O. The Hall–Kier alpha value is -2.69. The van der Waals surface area contributed by atoms with E-state index in [2.05, 4.69) is 67.5 Å². The van der Waals surface area contributed by atoms with Crippen LogP contribution >= 0.6 is 24.0 Å². The Labute approximate surface area is 199 Å². The number of rotatable bonds is 6. The molecule has 0 radical (unpaired) electrons. The number of halogens is 1. The third kappa shape index (κ3) is 6.16. The molecule has 1 aliphatic heterocycles. The van der Waals surface area contributed by atoms with Gasteiger partial charge in [-0.15, -0.1) is 24.0 Å². The van der Waals surface area contributed by atoms with E-state index in [0.717, 1.165) is 38.7 Å². The van der Waals surface area contributed by atoms with E-state index in [1.165, 1.54) is 5.69 Å². The number of hydrogen-bond acceptors (Lipinski definition) is 6. The molecule has 0 atom stereocenters. The van der Waals surface area contributed by atoms with Crippen molar-refractivity contribution >= 4 is 35.6 Å². The van der Waals surface area contributed by atoms with E-state index in [1.54, 1.807) is 6.20 Å². The van der Waals surface area contributed by atoms with Crippen molar-refractivity contribution in [2.24, 2.45) is 4.99 Å². The summed E-state index contributed by atoms with van der Waals surface area (Å²) in [6, 6.07) is 16.2. The Morgan fingerprint density at radius 2 is 1.84 bits per heavy atom. The third-order valence-corrected chi connectivity index (χ3v) is 4.98. The highest BCUT2D eigenvalue weighted by atomic mass is 127. The highest BCUT2D eigenvalue weighted by Gasteiger charge is 2.19. The smallest absolute Gasteiger partial charge is 0.276 e. The number of anilines is 1. The zero-order valence-electron chi connectivity index (χ0n) is 17.6. The molecule has 164 valence electrons. The highest BCUT2D eigenvalue weighted by Crippen LogP contribution is 2.16. The monoisotopic (exact) mass is 533 g/mol. The lowest BCUT2D eigenvalue weighted by molar-refractivity contribution is 0.372. The first-order valence-corrected chi connectivity index (χ1v) is 10.4. The van der Waals surface area contributed by atoms with Crippen molar-refractivity contribution in [2.75, 3.05) is 44.2 Å². The van der Waals surface area contributed by atoms with Gasteiger partial charge in [0.1, 0.15) is 5.69 Å². The van der Waals surface area contributed by atoms with Gasteiger partial charge in [-0.05, 0) is 31.2 Å². The number of para-hydroxylation sites is 1. The van der Waals surface area contributed by atoms with E-state index in [0.29, 0.717) is 30.4 Å². The van der Waals surface area contributed by atoms with Gasteiger partial charge in [-0.25, -0.2) is 0 Å². The molecule has 1 saturated heterocycles. The van der Waals surface area contributed by atoms with Crippen molar-refractivity contribution in [3.05, 3.63) is 60.6 Å². The standard InChI is InChI=1S/C22H27N7O.HI/c1-2-23-22(29-16-14-28(15-17-29)18-8-4-3-5-9-18)25-13-11-20-26-21(30-27-20)19-10-6-7-12-24-19;/h3-10,12H,2,11,13-17H2,1H3,(H,23,25);1H. The Bertz CT molecular complexity index is 941. The molecule has 0 bridgehead atoms. The minimum atomic E-state index is 0. The fourth-order valence-electron chi connectivity index (χ4n) is 3.45. The lowest BCUT2D eigenvalue weighted by atomic mass is 10.2. The quantitative estimate of drug-likeness (QED) is 0.296. The van der Waals surface area contributed by atoms with E-state index in [-0.39, 0.29) is 24.0 Å². The molecule has 3 aromatic rings. The van der Waals surface area contributed by atoms with Crippen LogP contribution in [0.1, 0.15) is 12.7 Å². The molecule has 4 rings (SSSR count). The van der Waals surface area contributed by atoms with Gasteiger partial charge in [0.25, 0.3) is 5.89 Å². The van der Waals surface area contributed by atoms with Gasteiger partial charge in [0, 0.05) is 57.6 Å². The predicted octanol–water partition coefficient (Wildman–Crippen LogP) is 3.08. The molecule has 1 fully saturated rings. The maximum atomic E-state index is 5.32. The molecule has 2 aromatic heterocycles. The molecule has 0 spiro atoms. The first kappa shape index (κ1) is 23.0. The van der Waals surface area contributed by atoms with E-state index >= 15 is 0 Å². The molecule has 1 aromatic carbocycles. The number of nitrogens with zero attached hydrogens (tertiary/aromatic N) is 6. The van der Waals surface area contributed by atoms with Crippen LogP contribution in [0.5, 0.6) is 0 Å². The fraction of sp³-hybridized carbons (Fsp3) is 0.364. The van der Waals surface area contributed by atoms with E-state index in [4.69, 9.17) is 9.52 Å². The van der Waals surface area contributed by atoms with Gasteiger partial charge in [-0.3, -0.25) is 9.98 Å². The Balaban J connectivity index is 0.00000272. The van der Waals surface area contributed by atoms with Crippen LogP contribution in [0.4, 0.5) is 5.69 Å². The maximum absolute atomic E-state index is 5.32. The average Bonchev–Trinajstić information content (AvgIpc) is 3.29. The Morgan fingerprint density at radius 3 is 2.55 bits per heavy atom. The van der Waals surface area contributed by atoms with Gasteiger partial charge in [0.2, 0.25) is 0 Å². The zero-order chi connectivity index (χ0) is 20.6. The summed E-state index contributed by atoms with van der Waals surface area (Å²) in [4.78, 5) is 18.2. The van der Waals surface area contributed by atoms with Gasteiger partial charge in [0.05, 0.1) is 0 Å². The topological polar surface area (TPSA) is 82.7 Å². The first-order valence-electron chi connectivity index (χ1n) is 10.4. The summed E-state index contributed by atoms with van der Waals surface area (Å²) >= 11 is 0. The number of aliphatic imine (C=N–C) groups is 1. The van der Waals surface area contributed by atoms with Gasteiger partial charge < -0.3 is 19.6 Å². The van der Waals surface area contributed by atoms with Crippen molar-refractivity contribution in [3.8, 4) is 11.6 Å². The third-order valence-electron chi connectivity index (χ3n) is 4.98. The lowest BCUT2D eigenvalue weighted by Gasteiger charge is -2.37. The minimum Gasteiger partial charge on any atom is -0.368 e. The summed E-state index contributed by atoms with van der Waals surface area (Å²) in [5.74, 6) is 2.03. The van der Waals surface area contributed by atoms with E-state index in [9.17, 15) is 0 Å². The number of aromatic nitrogens is 3. The molecule has 1 N–H and O–H groups in total. The number of piperazine rings is 1. The molecule has 0 saturated carbocycles. The zero-order valence-corrected chi connectivity index (χ0v) is 20.0. The van der Waals surface area contributed by atoms with Crippen LogP contribution in [0.2, 0.25) is 0 Å². The molecular weight excluding hydrogens is 505 g/mol. The predicted molar refractivity (Wildman–Crippen MR) is 133 cm³/mol. The normalized spacial score (nSPS) is 14.3. The van der Waals surface area contributed by atoms with Crippen molar-refractivity contribution in [1.82, 2.24) is 25.3 Å². The molecule has 31 heavy (non-hydrogen) atoms. The highest BCUT2D eigenvalue weighted by molar-refractivity contribution is 14.0. The van der Waals surface area contributed by atoms with Crippen molar-refractivity contribution in [1.29, 1.82) is 0 Å². The maximum Gasteiger partial charge on any atom is 0.276 e. The fourth-order valence-corrected chi connectivity index (χ4v) is 3.45. The molecule has 0 unspecified atom stereocenters. The molecule has 0 amide bonds. The molecule has 1 aliphatic rings. The first-order chi connectivity index (χ1) is 14.8. The Morgan fingerprint density at radius 1 is 1.06 bits per heavy atom. The van der Waals surface area contributed by atoms with Gasteiger partial charge >= 0.3 is 0 Å². The summed E-state index contributed by atoms with van der Waals surface area (Å²) in [7, 11) is 0.